The Labute approximate surface area is 369 Å². The zero-order valence-corrected chi connectivity index (χ0v) is 37.1. The minimum absolute atomic E-state index is 0.0299. The van der Waals surface area contributed by atoms with E-state index in [0.29, 0.717) is 6.42 Å². The second-order valence-electron chi connectivity index (χ2n) is 16.4. The van der Waals surface area contributed by atoms with Crippen molar-refractivity contribution in [3.8, 4) is 0 Å². The summed E-state index contributed by atoms with van der Waals surface area (Å²) in [4.78, 5) is 150. The molecule has 0 aliphatic carbocycles. The molecule has 0 aromatic carbocycles. The normalized spacial score (nSPS) is 14.3. The van der Waals surface area contributed by atoms with Crippen LogP contribution in [0, 0.1) is 17.8 Å². The van der Waals surface area contributed by atoms with Crippen LogP contribution in [-0.2, 0) is 57.5 Å². The Hall–Kier alpha value is -6.40. The maximum Gasteiger partial charge on any atom is 0.322 e. The van der Waals surface area contributed by atoms with Gasteiger partial charge >= 0.3 is 23.9 Å². The summed E-state index contributed by atoms with van der Waals surface area (Å²) in [6, 6.07) is -9.83. The Morgan fingerprint density at radius 3 is 1.22 bits per heavy atom. The van der Waals surface area contributed by atoms with Crippen molar-refractivity contribution in [1.82, 2.24) is 42.5 Å². The summed E-state index contributed by atoms with van der Waals surface area (Å²) in [5.41, 5.74) is 5.90. The highest BCUT2D eigenvalue weighted by Crippen LogP contribution is 2.11. The maximum absolute atomic E-state index is 13.8. The molecule has 14 N–H and O–H groups in total. The number of rotatable bonds is 31. The third-order valence-corrected chi connectivity index (χ3v) is 8.92. The third kappa shape index (κ3) is 24.9. The number of carboxylic acids is 4. The molecule has 7 unspecified atom stereocenters. The van der Waals surface area contributed by atoms with Crippen LogP contribution in [0.25, 0.3) is 0 Å². The molecular formula is C39H65N9O16. The monoisotopic (exact) mass is 915 g/mol. The van der Waals surface area contributed by atoms with Gasteiger partial charge in [0.2, 0.25) is 47.3 Å². The van der Waals surface area contributed by atoms with Crippen molar-refractivity contribution in [3.63, 3.8) is 0 Å². The van der Waals surface area contributed by atoms with Crippen molar-refractivity contribution in [2.24, 2.45) is 23.5 Å². The van der Waals surface area contributed by atoms with Gasteiger partial charge in [0.1, 0.15) is 42.8 Å². The van der Waals surface area contributed by atoms with Gasteiger partial charge in [-0.25, -0.2) is 0 Å². The van der Waals surface area contributed by atoms with Crippen molar-refractivity contribution in [2.45, 2.75) is 142 Å². The summed E-state index contributed by atoms with van der Waals surface area (Å²) >= 11 is 0. The zero-order valence-electron chi connectivity index (χ0n) is 37.1. The van der Waals surface area contributed by atoms with Crippen molar-refractivity contribution in [3.05, 3.63) is 0 Å². The zero-order chi connectivity index (χ0) is 49.4. The standard InChI is InChI=1S/C39H65N9O16/c1-18(2)12-22(40)34(59)43-21(7)33(58)45-24(9-11-30(52)53)37(62)46-25(13-19(3)4)38(63)47-26(14-20(5)6)39(64)48-27(15-31(54)55)36(61)41-16-28(49)44-23(8-10-29(50)51)35(60)42-17-32(56)57/h18-27H,8-17,40H2,1-7H3,(H,41,61)(H,42,60)(H,43,59)(H,44,49)(H,45,58)(H,46,62)(H,47,63)(H,48,64)(H,50,51)(H,52,53)(H,54,55)(H,56,57). The molecule has 25 nitrogen and oxygen atoms in total. The lowest BCUT2D eigenvalue weighted by Gasteiger charge is -2.28. The number of hydrogen-bond donors (Lipinski definition) is 13. The van der Waals surface area contributed by atoms with Gasteiger partial charge in [0.25, 0.3) is 0 Å². The molecule has 0 bridgehead atoms. The molecule has 25 heteroatoms. The molecule has 0 saturated carbocycles. The Balaban J connectivity index is 6.18. The van der Waals surface area contributed by atoms with Crippen molar-refractivity contribution >= 4 is 71.1 Å². The van der Waals surface area contributed by atoms with E-state index < -0.39 is 159 Å². The maximum atomic E-state index is 13.8. The van der Waals surface area contributed by atoms with Crippen LogP contribution in [0.5, 0.6) is 0 Å². The lowest BCUT2D eigenvalue weighted by molar-refractivity contribution is -0.141. The fourth-order valence-electron chi connectivity index (χ4n) is 5.80. The number of hydrogen-bond acceptors (Lipinski definition) is 13. The molecule has 0 fully saturated rings. The van der Waals surface area contributed by atoms with Gasteiger partial charge in [-0.2, -0.15) is 0 Å². The van der Waals surface area contributed by atoms with E-state index in [-0.39, 0.29) is 30.6 Å². The summed E-state index contributed by atoms with van der Waals surface area (Å²) in [5, 5.41) is 55.0. The number of carboxylic acid groups (broad SMARTS) is 4. The highest BCUT2D eigenvalue weighted by atomic mass is 16.4. The number of aliphatic carboxylic acids is 4. The summed E-state index contributed by atoms with van der Waals surface area (Å²) in [6.07, 6.45) is -2.86. The van der Waals surface area contributed by atoms with Crippen molar-refractivity contribution in [2.75, 3.05) is 13.1 Å². The van der Waals surface area contributed by atoms with Crippen LogP contribution in [0.2, 0.25) is 0 Å². The van der Waals surface area contributed by atoms with Crippen LogP contribution in [0.4, 0.5) is 0 Å². The average molecular weight is 916 g/mol. The quantitative estimate of drug-likeness (QED) is 0.0328. The third-order valence-electron chi connectivity index (χ3n) is 8.92. The van der Waals surface area contributed by atoms with Gasteiger partial charge in [0.05, 0.1) is 19.0 Å². The van der Waals surface area contributed by atoms with Gasteiger partial charge in [0.15, 0.2) is 0 Å². The first-order valence-corrected chi connectivity index (χ1v) is 20.6. The number of nitrogens with two attached hydrogens (primary N) is 1. The number of amides is 8. The van der Waals surface area contributed by atoms with Crippen LogP contribution in [0.1, 0.15) is 99.8 Å². The Morgan fingerprint density at radius 1 is 0.406 bits per heavy atom. The van der Waals surface area contributed by atoms with E-state index >= 15 is 0 Å². The van der Waals surface area contributed by atoms with E-state index in [0.717, 1.165) is 0 Å². The Morgan fingerprint density at radius 2 is 0.797 bits per heavy atom. The molecule has 362 valence electrons. The summed E-state index contributed by atoms with van der Waals surface area (Å²) in [6.45, 7) is 10.1. The number of carbonyl (C=O) groups excluding carboxylic acids is 8. The Kier molecular flexibility index (Phi) is 26.2. The van der Waals surface area contributed by atoms with Gasteiger partial charge in [-0.1, -0.05) is 41.5 Å². The predicted molar refractivity (Wildman–Crippen MR) is 223 cm³/mol. The molecule has 8 amide bonds. The van der Waals surface area contributed by atoms with E-state index in [1.54, 1.807) is 27.7 Å². The molecule has 0 aromatic heterocycles. The van der Waals surface area contributed by atoms with Crippen LogP contribution < -0.4 is 48.3 Å². The van der Waals surface area contributed by atoms with E-state index in [4.69, 9.17) is 15.9 Å². The first kappa shape index (κ1) is 57.6. The van der Waals surface area contributed by atoms with Gasteiger partial charge in [-0.05, 0) is 56.8 Å². The second kappa shape index (κ2) is 29.1. The van der Waals surface area contributed by atoms with Gasteiger partial charge in [-0.15, -0.1) is 0 Å². The number of nitrogens with one attached hydrogen (secondary N) is 8. The Bertz CT molecular complexity index is 1690. The molecular weight excluding hydrogens is 850 g/mol. The average Bonchev–Trinajstić information content (AvgIpc) is 3.16. The first-order valence-electron chi connectivity index (χ1n) is 20.6. The van der Waals surface area contributed by atoms with E-state index in [9.17, 15) is 67.7 Å². The summed E-state index contributed by atoms with van der Waals surface area (Å²) in [5.74, 6) is -13.8. The highest BCUT2D eigenvalue weighted by molar-refractivity contribution is 5.98. The minimum Gasteiger partial charge on any atom is -0.481 e. The van der Waals surface area contributed by atoms with Crippen molar-refractivity contribution in [1.29, 1.82) is 0 Å². The van der Waals surface area contributed by atoms with Crippen LogP contribution in [0.3, 0.4) is 0 Å². The van der Waals surface area contributed by atoms with Gasteiger partial charge in [0, 0.05) is 12.8 Å². The molecule has 0 aliphatic heterocycles. The molecule has 0 rings (SSSR count). The van der Waals surface area contributed by atoms with Crippen molar-refractivity contribution < 1.29 is 78.0 Å². The predicted octanol–water partition coefficient (Wildman–Crippen LogP) is -3.10. The fraction of sp³-hybridized carbons (Fsp3) is 0.692. The lowest BCUT2D eigenvalue weighted by Crippen LogP contribution is -2.60. The van der Waals surface area contributed by atoms with E-state index in [1.165, 1.54) is 6.92 Å². The fourth-order valence-corrected chi connectivity index (χ4v) is 5.80. The summed E-state index contributed by atoms with van der Waals surface area (Å²) in [7, 11) is 0. The molecule has 7 atom stereocenters. The minimum atomic E-state index is -1.84. The molecule has 64 heavy (non-hydrogen) atoms. The largest absolute Gasteiger partial charge is 0.481 e. The van der Waals surface area contributed by atoms with Crippen LogP contribution in [0.15, 0.2) is 0 Å². The second-order valence-corrected chi connectivity index (χ2v) is 16.4. The lowest BCUT2D eigenvalue weighted by atomic mass is 9.99. The molecule has 0 aliphatic rings. The smallest absolute Gasteiger partial charge is 0.322 e. The van der Waals surface area contributed by atoms with E-state index in [1.807, 2.05) is 19.2 Å². The van der Waals surface area contributed by atoms with E-state index in [2.05, 4.69) is 37.2 Å². The first-order chi connectivity index (χ1) is 29.6. The van der Waals surface area contributed by atoms with Gasteiger partial charge in [-0.3, -0.25) is 57.5 Å². The summed E-state index contributed by atoms with van der Waals surface area (Å²) < 4.78 is 0. The van der Waals surface area contributed by atoms with Gasteiger partial charge < -0.3 is 68.7 Å². The van der Waals surface area contributed by atoms with Crippen LogP contribution in [-0.4, -0.2) is 147 Å². The number of carbonyl (C=O) groups is 12. The molecule has 0 aromatic rings. The molecule has 0 radical (unpaired) electrons. The molecule has 0 heterocycles. The molecule has 0 saturated heterocycles. The topological polar surface area (TPSA) is 408 Å². The highest BCUT2D eigenvalue weighted by Gasteiger charge is 2.34. The SMILES string of the molecule is CC(C)CC(N)C(=O)NC(C)C(=O)NC(CCC(=O)O)C(=O)NC(CC(C)C)C(=O)NC(CC(C)C)C(=O)NC(CC(=O)O)C(=O)NCC(=O)NC(CCC(=O)O)C(=O)NCC(=O)O. The van der Waals surface area contributed by atoms with Crippen LogP contribution >= 0.6 is 0 Å². The molecule has 0 spiro atoms.